The molecule has 0 saturated heterocycles. The minimum Gasteiger partial charge on any atom is -0.456 e. The second-order valence-electron chi connectivity index (χ2n) is 18.1. The second-order valence-corrected chi connectivity index (χ2v) is 18.1. The first kappa shape index (κ1) is 36.8. The van der Waals surface area contributed by atoms with E-state index in [1.54, 1.807) is 0 Å². The molecule has 1 heterocycles. The van der Waals surface area contributed by atoms with Gasteiger partial charge in [-0.05, 0) is 151 Å². The molecule has 0 fully saturated rings. The SMILES string of the molecule is CC1(C)c2ccccc2-c2ccc(N(c3ccc(-c4ccccc4)cc3)c3ccc(-c4ccc5c(c4)C4(c6c#cccc6Oc6ccccc64)c4c-5ccc5c4CCC=C5)cc3)cc21. The van der Waals surface area contributed by atoms with Gasteiger partial charge in [0.2, 0.25) is 0 Å². The fourth-order valence-corrected chi connectivity index (χ4v) is 11.5. The topological polar surface area (TPSA) is 12.5 Å². The maximum absolute atomic E-state index is 6.67. The summed E-state index contributed by atoms with van der Waals surface area (Å²) < 4.78 is 6.67. The van der Waals surface area contributed by atoms with Crippen molar-refractivity contribution in [1.29, 1.82) is 0 Å². The van der Waals surface area contributed by atoms with Crippen molar-refractivity contribution in [3.8, 4) is 56.0 Å². The molecule has 0 amide bonds. The van der Waals surface area contributed by atoms with Crippen LogP contribution in [-0.4, -0.2) is 0 Å². The average molecular weight is 818 g/mol. The van der Waals surface area contributed by atoms with Crippen LogP contribution in [0.25, 0.3) is 50.6 Å². The zero-order chi connectivity index (χ0) is 42.6. The summed E-state index contributed by atoms with van der Waals surface area (Å²) in [7, 11) is 0. The van der Waals surface area contributed by atoms with Crippen LogP contribution in [-0.2, 0) is 17.3 Å². The van der Waals surface area contributed by atoms with Crippen molar-refractivity contribution >= 4 is 23.1 Å². The molecule has 9 aromatic rings. The van der Waals surface area contributed by atoms with Gasteiger partial charge < -0.3 is 9.64 Å². The Bertz CT molecular complexity index is 3330. The van der Waals surface area contributed by atoms with Crippen molar-refractivity contribution in [3.05, 3.63) is 251 Å². The van der Waals surface area contributed by atoms with Crippen LogP contribution >= 0.6 is 0 Å². The van der Waals surface area contributed by atoms with Gasteiger partial charge in [-0.2, -0.15) is 0 Å². The van der Waals surface area contributed by atoms with E-state index in [0.717, 1.165) is 58.1 Å². The lowest BCUT2D eigenvalue weighted by atomic mass is 9.64. The molecular formula is C62H43NO. The molecule has 1 atom stereocenters. The largest absolute Gasteiger partial charge is 0.456 e. The van der Waals surface area contributed by atoms with Crippen molar-refractivity contribution < 1.29 is 4.74 Å². The molecule has 302 valence electrons. The molecule has 2 heteroatoms. The van der Waals surface area contributed by atoms with Crippen LogP contribution in [0.1, 0.15) is 64.8 Å². The third-order valence-electron chi connectivity index (χ3n) is 14.5. The van der Waals surface area contributed by atoms with Crippen LogP contribution in [0.15, 0.2) is 194 Å². The predicted octanol–water partition coefficient (Wildman–Crippen LogP) is 15.8. The molecule has 3 aliphatic carbocycles. The highest BCUT2D eigenvalue weighted by molar-refractivity contribution is 5.93. The first-order valence-corrected chi connectivity index (χ1v) is 22.5. The summed E-state index contributed by atoms with van der Waals surface area (Å²) in [6.07, 6.45) is 6.63. The minimum atomic E-state index is -0.608. The van der Waals surface area contributed by atoms with Gasteiger partial charge >= 0.3 is 0 Å². The number of nitrogens with zero attached hydrogens (tertiary/aromatic N) is 1. The van der Waals surface area contributed by atoms with Gasteiger partial charge in [0.25, 0.3) is 0 Å². The third-order valence-corrected chi connectivity index (χ3v) is 14.5. The standard InChI is InChI=1S/C62H43NO/c1-61(2)53-19-9-8-18-49(53)50-37-34-47(39-56(50)61)63(45-30-24-41(25-31-45)40-14-4-3-5-15-40)46-32-26-42(27-33-46)44-29-35-51-52-36-28-43-16-6-7-17-48(43)60(52)62(57(51)38-44)54-20-10-12-22-58(54)64-59-23-13-11-21-55(59)62/h3-6,8-10,12-16,18-20,22-39H,7,17H2,1-2H3. The third kappa shape index (κ3) is 5.22. The van der Waals surface area contributed by atoms with Crippen LogP contribution < -0.4 is 9.64 Å². The summed E-state index contributed by atoms with van der Waals surface area (Å²) in [5.74, 6) is 1.73. The van der Waals surface area contributed by atoms with Crippen molar-refractivity contribution in [3.63, 3.8) is 0 Å². The molecule has 0 saturated carbocycles. The average Bonchev–Trinajstić information content (AvgIpc) is 3.77. The molecule has 2 nitrogen and oxygen atoms in total. The highest BCUT2D eigenvalue weighted by Gasteiger charge is 2.53. The number of benzene rings is 8. The van der Waals surface area contributed by atoms with E-state index in [-0.39, 0.29) is 5.41 Å². The minimum absolute atomic E-state index is 0.115. The Hall–Kier alpha value is -7.86. The summed E-state index contributed by atoms with van der Waals surface area (Å²) in [6, 6.07) is 76.0. The van der Waals surface area contributed by atoms with E-state index < -0.39 is 5.41 Å². The Labute approximate surface area is 375 Å². The lowest BCUT2D eigenvalue weighted by Crippen LogP contribution is -2.33. The second kappa shape index (κ2) is 13.8. The maximum atomic E-state index is 6.67. The van der Waals surface area contributed by atoms with E-state index in [1.807, 2.05) is 6.07 Å². The molecule has 64 heavy (non-hydrogen) atoms. The highest BCUT2D eigenvalue weighted by Crippen LogP contribution is 2.63. The lowest BCUT2D eigenvalue weighted by molar-refractivity contribution is 0.436. The van der Waals surface area contributed by atoms with Gasteiger partial charge in [-0.3, -0.25) is 0 Å². The van der Waals surface area contributed by atoms with Crippen LogP contribution in [0, 0.1) is 12.1 Å². The van der Waals surface area contributed by atoms with Gasteiger partial charge in [0.1, 0.15) is 11.5 Å². The number of ether oxygens (including phenoxy) is 1. The fourth-order valence-electron chi connectivity index (χ4n) is 11.5. The number of hydrogen-bond donors (Lipinski definition) is 0. The van der Waals surface area contributed by atoms with Gasteiger partial charge in [0.15, 0.2) is 0 Å². The van der Waals surface area contributed by atoms with Crippen molar-refractivity contribution in [2.45, 2.75) is 37.5 Å². The van der Waals surface area contributed by atoms with Crippen molar-refractivity contribution in [1.82, 2.24) is 0 Å². The quantitative estimate of drug-likeness (QED) is 0.172. The van der Waals surface area contributed by atoms with E-state index in [4.69, 9.17) is 4.74 Å². The molecule has 0 bridgehead atoms. The number of hydrogen-bond acceptors (Lipinski definition) is 2. The highest BCUT2D eigenvalue weighted by atomic mass is 16.5. The first-order valence-electron chi connectivity index (χ1n) is 22.5. The number of anilines is 3. The lowest BCUT2D eigenvalue weighted by Gasteiger charge is -2.39. The number of allylic oxidation sites excluding steroid dienone is 1. The fraction of sp³-hybridized carbons (Fsp3) is 0.0968. The molecule has 13 rings (SSSR count). The molecular weight excluding hydrogens is 775 g/mol. The Kier molecular flexibility index (Phi) is 7.94. The Morgan fingerprint density at radius 3 is 1.94 bits per heavy atom. The van der Waals surface area contributed by atoms with E-state index in [2.05, 4.69) is 225 Å². The summed E-state index contributed by atoms with van der Waals surface area (Å²) >= 11 is 0. The van der Waals surface area contributed by atoms with E-state index in [9.17, 15) is 0 Å². The van der Waals surface area contributed by atoms with Gasteiger partial charge in [-0.25, -0.2) is 0 Å². The first-order chi connectivity index (χ1) is 31.5. The van der Waals surface area contributed by atoms with Crippen LogP contribution in [0.5, 0.6) is 11.5 Å². The summed E-state index contributed by atoms with van der Waals surface area (Å²) in [6.45, 7) is 4.71. The smallest absolute Gasteiger partial charge is 0.141 e. The van der Waals surface area contributed by atoms with Gasteiger partial charge in [0, 0.05) is 28.0 Å². The van der Waals surface area contributed by atoms with Gasteiger partial charge in [-0.1, -0.05) is 166 Å². The Morgan fingerprint density at radius 1 is 0.500 bits per heavy atom. The predicted molar refractivity (Wildman–Crippen MR) is 262 cm³/mol. The molecule has 4 aliphatic rings. The molecule has 1 unspecified atom stereocenters. The Balaban J connectivity index is 0.956. The number of para-hydroxylation sites is 1. The van der Waals surface area contributed by atoms with E-state index in [0.29, 0.717) is 0 Å². The summed E-state index contributed by atoms with van der Waals surface area (Å²) in [4.78, 5) is 2.41. The van der Waals surface area contributed by atoms with Crippen LogP contribution in [0.3, 0.4) is 0 Å². The van der Waals surface area contributed by atoms with Crippen molar-refractivity contribution in [2.24, 2.45) is 0 Å². The molecule has 0 aromatic heterocycles. The summed E-state index contributed by atoms with van der Waals surface area (Å²) in [5, 5.41) is 0. The van der Waals surface area contributed by atoms with Crippen LogP contribution in [0.4, 0.5) is 17.1 Å². The molecule has 9 aromatic carbocycles. The Morgan fingerprint density at radius 2 is 1.12 bits per heavy atom. The molecule has 1 aliphatic heterocycles. The maximum Gasteiger partial charge on any atom is 0.141 e. The number of rotatable bonds is 5. The zero-order valence-corrected chi connectivity index (χ0v) is 35.8. The molecule has 0 radical (unpaired) electrons. The van der Waals surface area contributed by atoms with E-state index >= 15 is 0 Å². The van der Waals surface area contributed by atoms with E-state index in [1.165, 1.54) is 72.3 Å². The molecule has 1 spiro atoms. The van der Waals surface area contributed by atoms with Gasteiger partial charge in [-0.15, -0.1) is 0 Å². The summed E-state index contributed by atoms with van der Waals surface area (Å²) in [5.41, 5.74) is 22.8. The number of fused-ring (bicyclic) bond motifs is 14. The molecule has 0 N–H and O–H groups in total. The zero-order valence-electron chi connectivity index (χ0n) is 35.8. The van der Waals surface area contributed by atoms with Crippen LogP contribution in [0.2, 0.25) is 0 Å². The van der Waals surface area contributed by atoms with Crippen molar-refractivity contribution in [2.75, 3.05) is 4.90 Å². The normalized spacial score (nSPS) is 14.8. The monoisotopic (exact) mass is 817 g/mol. The van der Waals surface area contributed by atoms with Gasteiger partial charge in [0.05, 0.1) is 11.0 Å².